The smallest absolute Gasteiger partial charge is 0.311 e. The van der Waals surface area contributed by atoms with Crippen LogP contribution in [0.4, 0.5) is 0 Å². The van der Waals surface area contributed by atoms with E-state index in [1.807, 2.05) is 36.5 Å². The summed E-state index contributed by atoms with van der Waals surface area (Å²) >= 11 is 1.65. The molecule has 0 spiro atoms. The monoisotopic (exact) mass is 239 g/mol. The fraction of sp³-hybridized carbons (Fsp3) is 0.583. The van der Waals surface area contributed by atoms with Gasteiger partial charge >= 0.3 is 5.97 Å². The Hall–Kier alpha value is -0.870. The Kier molecular flexibility index (Phi) is 3.04. The van der Waals surface area contributed by atoms with Gasteiger partial charge in [0.1, 0.15) is 0 Å². The van der Waals surface area contributed by atoms with E-state index in [2.05, 4.69) is 0 Å². The molecular weight excluding hydrogens is 222 g/mol. The minimum absolute atomic E-state index is 0.0127. The van der Waals surface area contributed by atoms with Gasteiger partial charge in [0, 0.05) is 4.88 Å². The molecule has 1 unspecified atom stereocenters. The van der Waals surface area contributed by atoms with Crippen LogP contribution in [-0.2, 0) is 4.79 Å². The molecule has 1 saturated carbocycles. The van der Waals surface area contributed by atoms with E-state index in [9.17, 15) is 9.90 Å². The van der Waals surface area contributed by atoms with Gasteiger partial charge in [-0.2, -0.15) is 0 Å². The number of carboxylic acids is 1. The van der Waals surface area contributed by atoms with Crippen LogP contribution < -0.4 is 0 Å². The Morgan fingerprint density at radius 2 is 2.25 bits per heavy atom. The van der Waals surface area contributed by atoms with Crippen LogP contribution in [0.25, 0.3) is 0 Å². The Morgan fingerprint density at radius 1 is 1.56 bits per heavy atom. The van der Waals surface area contributed by atoms with E-state index < -0.39 is 11.4 Å². The van der Waals surface area contributed by atoms with E-state index in [0.29, 0.717) is 0 Å². The second kappa shape index (κ2) is 4.18. The fourth-order valence-corrected chi connectivity index (χ4v) is 3.67. The third-order valence-corrected chi connectivity index (χ3v) is 4.45. The summed E-state index contributed by atoms with van der Waals surface area (Å²) < 4.78 is 0. The topological polar surface area (TPSA) is 40.5 Å². The van der Waals surface area contributed by atoms with Crippen molar-refractivity contribution in [1.82, 2.24) is 4.90 Å². The normalized spacial score (nSPS) is 20.4. The number of hydrogen-bond acceptors (Lipinski definition) is 3. The molecule has 0 radical (unpaired) electrons. The van der Waals surface area contributed by atoms with Crippen molar-refractivity contribution in [3.8, 4) is 0 Å². The van der Waals surface area contributed by atoms with Crippen molar-refractivity contribution in [2.24, 2.45) is 5.41 Å². The van der Waals surface area contributed by atoms with E-state index in [1.165, 1.54) is 0 Å². The molecule has 0 aromatic carbocycles. The van der Waals surface area contributed by atoms with Crippen LogP contribution in [0.1, 0.15) is 30.2 Å². The molecule has 1 heterocycles. The lowest BCUT2D eigenvalue weighted by atomic mass is 9.63. The Morgan fingerprint density at radius 3 is 2.56 bits per heavy atom. The molecule has 1 aromatic rings. The minimum atomic E-state index is -0.647. The number of hydrogen-bond donors (Lipinski definition) is 1. The van der Waals surface area contributed by atoms with Gasteiger partial charge in [-0.3, -0.25) is 4.79 Å². The molecule has 1 aromatic heterocycles. The molecule has 0 saturated heterocycles. The summed E-state index contributed by atoms with van der Waals surface area (Å²) in [5, 5.41) is 11.5. The number of carboxylic acid groups (broad SMARTS) is 1. The van der Waals surface area contributed by atoms with Crippen molar-refractivity contribution < 1.29 is 9.90 Å². The van der Waals surface area contributed by atoms with Crippen LogP contribution in [0.5, 0.6) is 0 Å². The lowest BCUT2D eigenvalue weighted by molar-refractivity contribution is -0.160. The molecule has 88 valence electrons. The SMILES string of the molecule is CN(C)C(c1cccs1)C1(C(=O)O)CCC1. The first-order valence-electron chi connectivity index (χ1n) is 5.51. The van der Waals surface area contributed by atoms with Crippen molar-refractivity contribution in [2.45, 2.75) is 25.3 Å². The van der Waals surface area contributed by atoms with Crippen molar-refractivity contribution in [3.63, 3.8) is 0 Å². The van der Waals surface area contributed by atoms with Crippen LogP contribution in [-0.4, -0.2) is 30.1 Å². The average molecular weight is 239 g/mol. The zero-order valence-electron chi connectivity index (χ0n) is 9.64. The van der Waals surface area contributed by atoms with Gasteiger partial charge in [-0.15, -0.1) is 11.3 Å². The third-order valence-electron chi connectivity index (χ3n) is 3.52. The number of thiophene rings is 1. The van der Waals surface area contributed by atoms with E-state index in [0.717, 1.165) is 24.1 Å². The van der Waals surface area contributed by atoms with Gasteiger partial charge in [0.25, 0.3) is 0 Å². The van der Waals surface area contributed by atoms with Crippen LogP contribution >= 0.6 is 11.3 Å². The summed E-state index contributed by atoms with van der Waals surface area (Å²) in [6, 6.07) is 4.04. The molecule has 0 bridgehead atoms. The van der Waals surface area contributed by atoms with Crippen LogP contribution in [0.2, 0.25) is 0 Å². The lowest BCUT2D eigenvalue weighted by Crippen LogP contribution is -2.48. The molecular formula is C12H17NO2S. The molecule has 4 heteroatoms. The molecule has 3 nitrogen and oxygen atoms in total. The van der Waals surface area contributed by atoms with Crippen molar-refractivity contribution in [1.29, 1.82) is 0 Å². The highest BCUT2D eigenvalue weighted by atomic mass is 32.1. The summed E-state index contributed by atoms with van der Waals surface area (Å²) in [4.78, 5) is 14.7. The molecule has 0 amide bonds. The van der Waals surface area contributed by atoms with Crippen molar-refractivity contribution in [2.75, 3.05) is 14.1 Å². The standard InChI is InChI=1S/C12H17NO2S/c1-13(2)10(9-5-3-8-16-9)12(11(14)15)6-4-7-12/h3,5,8,10H,4,6-7H2,1-2H3,(H,14,15). The molecule has 1 fully saturated rings. The predicted molar refractivity (Wildman–Crippen MR) is 64.7 cm³/mol. The first kappa shape index (κ1) is 11.6. The first-order valence-corrected chi connectivity index (χ1v) is 6.39. The van der Waals surface area contributed by atoms with Gasteiger partial charge in [0.05, 0.1) is 11.5 Å². The molecule has 2 rings (SSSR count). The summed E-state index contributed by atoms with van der Waals surface area (Å²) in [6.45, 7) is 0. The molecule has 1 aliphatic carbocycles. The van der Waals surface area contributed by atoms with Crippen LogP contribution in [0, 0.1) is 5.41 Å². The van der Waals surface area contributed by atoms with Gasteiger partial charge in [0.15, 0.2) is 0 Å². The van der Waals surface area contributed by atoms with Gasteiger partial charge < -0.3 is 10.0 Å². The zero-order chi connectivity index (χ0) is 11.8. The van der Waals surface area contributed by atoms with E-state index in [4.69, 9.17) is 0 Å². The van der Waals surface area contributed by atoms with Gasteiger partial charge in [-0.1, -0.05) is 12.5 Å². The number of carbonyl (C=O) groups is 1. The Labute approximate surface area is 99.7 Å². The van der Waals surface area contributed by atoms with Crippen LogP contribution in [0.15, 0.2) is 17.5 Å². The second-order valence-electron chi connectivity index (χ2n) is 4.70. The molecule has 1 atom stereocenters. The summed E-state index contributed by atoms with van der Waals surface area (Å²) in [5.74, 6) is -0.647. The van der Waals surface area contributed by atoms with E-state index >= 15 is 0 Å². The number of aliphatic carboxylic acids is 1. The highest BCUT2D eigenvalue weighted by molar-refractivity contribution is 7.10. The van der Waals surface area contributed by atoms with Crippen molar-refractivity contribution >= 4 is 17.3 Å². The minimum Gasteiger partial charge on any atom is -0.481 e. The summed E-state index contributed by atoms with van der Waals surface area (Å²) in [6.07, 6.45) is 2.62. The highest BCUT2D eigenvalue weighted by Crippen LogP contribution is 2.53. The van der Waals surface area contributed by atoms with Crippen LogP contribution in [0.3, 0.4) is 0 Å². The Balaban J connectivity index is 2.36. The summed E-state index contributed by atoms with van der Waals surface area (Å²) in [5.41, 5.74) is -0.561. The third kappa shape index (κ3) is 1.66. The first-order chi connectivity index (χ1) is 7.58. The molecule has 1 aliphatic rings. The average Bonchev–Trinajstić information content (AvgIpc) is 2.61. The number of rotatable bonds is 4. The zero-order valence-corrected chi connectivity index (χ0v) is 10.5. The van der Waals surface area contributed by atoms with Gasteiger partial charge in [0.2, 0.25) is 0 Å². The predicted octanol–water partition coefficient (Wildman–Crippen LogP) is 2.61. The van der Waals surface area contributed by atoms with Crippen molar-refractivity contribution in [3.05, 3.63) is 22.4 Å². The quantitative estimate of drug-likeness (QED) is 0.878. The summed E-state index contributed by atoms with van der Waals surface area (Å²) in [7, 11) is 3.93. The highest BCUT2D eigenvalue weighted by Gasteiger charge is 2.52. The second-order valence-corrected chi connectivity index (χ2v) is 5.68. The molecule has 0 aliphatic heterocycles. The maximum absolute atomic E-state index is 11.5. The Bertz CT molecular complexity index is 368. The largest absolute Gasteiger partial charge is 0.481 e. The lowest BCUT2D eigenvalue weighted by Gasteiger charge is -2.46. The van der Waals surface area contributed by atoms with E-state index in [1.54, 1.807) is 11.3 Å². The molecule has 16 heavy (non-hydrogen) atoms. The van der Waals surface area contributed by atoms with Gasteiger partial charge in [-0.25, -0.2) is 0 Å². The number of nitrogens with zero attached hydrogens (tertiary/aromatic N) is 1. The fourth-order valence-electron chi connectivity index (χ4n) is 2.63. The van der Waals surface area contributed by atoms with Gasteiger partial charge in [-0.05, 0) is 38.4 Å². The van der Waals surface area contributed by atoms with E-state index in [-0.39, 0.29) is 6.04 Å². The maximum Gasteiger partial charge on any atom is 0.311 e. The maximum atomic E-state index is 11.5. The molecule has 1 N–H and O–H groups in total.